The zero-order chi connectivity index (χ0) is 19.4. The van der Waals surface area contributed by atoms with E-state index in [1.165, 1.54) is 54.4 Å². The summed E-state index contributed by atoms with van der Waals surface area (Å²) >= 11 is 0. The Balaban J connectivity index is 1.81. The van der Waals surface area contributed by atoms with Gasteiger partial charge < -0.3 is 14.3 Å². The van der Waals surface area contributed by atoms with Gasteiger partial charge in [0.15, 0.2) is 5.58 Å². The number of nitrogens with zero attached hydrogens (tertiary/aromatic N) is 3. The maximum absolute atomic E-state index is 5.88. The molecule has 148 valence electrons. The highest BCUT2D eigenvalue weighted by Gasteiger charge is 2.19. The molecular formula is C23H35N3O. The molecular weight excluding hydrogens is 334 g/mol. The second-order valence-electron chi connectivity index (χ2n) is 8.72. The first-order valence-electron chi connectivity index (χ1n) is 10.3. The van der Waals surface area contributed by atoms with Crippen molar-refractivity contribution < 1.29 is 4.52 Å². The van der Waals surface area contributed by atoms with E-state index in [1.807, 2.05) is 0 Å². The monoisotopic (exact) mass is 369 g/mol. The number of rotatable bonds is 7. The van der Waals surface area contributed by atoms with Crippen molar-refractivity contribution >= 4 is 11.0 Å². The van der Waals surface area contributed by atoms with Crippen molar-refractivity contribution in [1.29, 1.82) is 0 Å². The highest BCUT2D eigenvalue weighted by Crippen LogP contribution is 2.29. The third-order valence-corrected chi connectivity index (χ3v) is 5.75. The zero-order valence-electron chi connectivity index (χ0n) is 17.7. The average molecular weight is 370 g/mol. The lowest BCUT2D eigenvalue weighted by Crippen LogP contribution is -2.30. The lowest BCUT2D eigenvalue weighted by Gasteiger charge is -2.28. The molecule has 0 radical (unpaired) electrons. The Labute approximate surface area is 164 Å². The lowest BCUT2D eigenvalue weighted by molar-refractivity contribution is 0.212. The van der Waals surface area contributed by atoms with Crippen LogP contribution in [0.15, 0.2) is 28.3 Å². The van der Waals surface area contributed by atoms with E-state index in [0.717, 1.165) is 36.6 Å². The summed E-state index contributed by atoms with van der Waals surface area (Å²) in [6, 6.07) is 4.50. The van der Waals surface area contributed by atoms with Gasteiger partial charge in [-0.05, 0) is 97.7 Å². The van der Waals surface area contributed by atoms with Crippen LogP contribution in [-0.2, 0) is 19.4 Å². The second kappa shape index (κ2) is 9.03. The highest BCUT2D eigenvalue weighted by molar-refractivity contribution is 5.83. The predicted octanol–water partition coefficient (Wildman–Crippen LogP) is 4.67. The van der Waals surface area contributed by atoms with E-state index in [0.29, 0.717) is 0 Å². The minimum atomic E-state index is 0.825. The van der Waals surface area contributed by atoms with Gasteiger partial charge in [0.1, 0.15) is 0 Å². The number of aromatic nitrogens is 1. The van der Waals surface area contributed by atoms with Gasteiger partial charge in [0, 0.05) is 17.5 Å². The Morgan fingerprint density at radius 3 is 2.67 bits per heavy atom. The third-order valence-electron chi connectivity index (χ3n) is 5.75. The van der Waals surface area contributed by atoms with Crippen molar-refractivity contribution in [3.8, 4) is 0 Å². The minimum absolute atomic E-state index is 0.825. The number of hydrogen-bond acceptors (Lipinski definition) is 4. The van der Waals surface area contributed by atoms with Gasteiger partial charge in [0.2, 0.25) is 0 Å². The molecule has 1 aromatic carbocycles. The molecule has 1 fully saturated rings. The van der Waals surface area contributed by atoms with Gasteiger partial charge in [-0.2, -0.15) is 0 Å². The number of fused-ring (bicyclic) bond motifs is 1. The molecule has 2 aromatic rings. The van der Waals surface area contributed by atoms with Crippen molar-refractivity contribution in [3.63, 3.8) is 0 Å². The Bertz CT molecular complexity index is 778. The van der Waals surface area contributed by atoms with Crippen LogP contribution >= 0.6 is 0 Å². The van der Waals surface area contributed by atoms with E-state index < -0.39 is 0 Å². The van der Waals surface area contributed by atoms with Crippen LogP contribution in [0.4, 0.5) is 0 Å². The van der Waals surface area contributed by atoms with Crippen LogP contribution in [0.25, 0.3) is 11.0 Å². The van der Waals surface area contributed by atoms with E-state index in [9.17, 15) is 0 Å². The Morgan fingerprint density at radius 2 is 2.00 bits per heavy atom. The first kappa shape index (κ1) is 20.1. The second-order valence-corrected chi connectivity index (χ2v) is 8.72. The summed E-state index contributed by atoms with van der Waals surface area (Å²) in [5.74, 6) is 0.825. The summed E-state index contributed by atoms with van der Waals surface area (Å²) in [6.07, 6.45) is 8.11. The molecule has 0 atom stereocenters. The van der Waals surface area contributed by atoms with E-state index >= 15 is 0 Å². The molecule has 1 saturated heterocycles. The topological polar surface area (TPSA) is 32.5 Å². The maximum Gasteiger partial charge on any atom is 0.171 e. The van der Waals surface area contributed by atoms with Gasteiger partial charge in [-0.25, -0.2) is 0 Å². The fourth-order valence-electron chi connectivity index (χ4n) is 4.02. The van der Waals surface area contributed by atoms with E-state index in [1.54, 1.807) is 0 Å². The van der Waals surface area contributed by atoms with Crippen LogP contribution in [-0.4, -0.2) is 49.2 Å². The van der Waals surface area contributed by atoms with Crippen LogP contribution in [0.1, 0.15) is 49.9 Å². The van der Waals surface area contributed by atoms with Crippen molar-refractivity contribution in [1.82, 2.24) is 15.0 Å². The first-order chi connectivity index (χ1) is 12.9. The zero-order valence-corrected chi connectivity index (χ0v) is 17.7. The smallest absolute Gasteiger partial charge is 0.171 e. The summed E-state index contributed by atoms with van der Waals surface area (Å²) in [4.78, 5) is 4.64. The number of piperidine rings is 1. The average Bonchev–Trinajstić information content (AvgIpc) is 3.03. The fourth-order valence-corrected chi connectivity index (χ4v) is 4.02. The number of benzene rings is 1. The predicted molar refractivity (Wildman–Crippen MR) is 113 cm³/mol. The first-order valence-corrected chi connectivity index (χ1v) is 10.3. The molecule has 0 aliphatic carbocycles. The highest BCUT2D eigenvalue weighted by atomic mass is 16.5. The molecule has 4 heteroatoms. The molecule has 4 nitrogen and oxygen atoms in total. The molecule has 1 aliphatic rings. The molecule has 0 unspecified atom stereocenters. The van der Waals surface area contributed by atoms with E-state index in [4.69, 9.17) is 4.52 Å². The summed E-state index contributed by atoms with van der Waals surface area (Å²) < 4.78 is 5.88. The van der Waals surface area contributed by atoms with Crippen molar-refractivity contribution in [2.24, 2.45) is 5.92 Å². The molecule has 0 bridgehead atoms. The summed E-state index contributed by atoms with van der Waals surface area (Å²) in [5, 5.41) is 5.69. The maximum atomic E-state index is 5.88. The summed E-state index contributed by atoms with van der Waals surface area (Å²) in [6.45, 7) is 7.64. The van der Waals surface area contributed by atoms with Gasteiger partial charge >= 0.3 is 0 Å². The van der Waals surface area contributed by atoms with Crippen molar-refractivity contribution in [3.05, 3.63) is 40.6 Å². The Hall–Kier alpha value is -1.65. The molecule has 3 rings (SSSR count). The van der Waals surface area contributed by atoms with Crippen LogP contribution in [0.5, 0.6) is 0 Å². The van der Waals surface area contributed by atoms with Crippen molar-refractivity contribution in [2.45, 2.75) is 52.5 Å². The van der Waals surface area contributed by atoms with Gasteiger partial charge in [0.25, 0.3) is 0 Å². The SMILES string of the molecule is CC(C)=CCc1ccc2c(CCC3CCN(C)CC3)noc2c1CN(C)C. The Kier molecular flexibility index (Phi) is 6.72. The molecule has 0 N–H and O–H groups in total. The molecule has 1 aromatic heterocycles. The normalized spacial score (nSPS) is 16.4. The molecule has 0 amide bonds. The standard InChI is InChI=1S/C23H35N3O/c1-17(2)6-8-19-9-10-20-22(11-7-18-12-14-26(5)15-13-18)24-27-23(20)21(19)16-25(3)4/h6,9-10,18H,7-8,11-16H2,1-5H3. The quantitative estimate of drug-likeness (QED) is 0.664. The van der Waals surface area contributed by atoms with Crippen LogP contribution in [0.3, 0.4) is 0 Å². The minimum Gasteiger partial charge on any atom is -0.356 e. The van der Waals surface area contributed by atoms with Crippen LogP contribution < -0.4 is 0 Å². The number of hydrogen-bond donors (Lipinski definition) is 0. The van der Waals surface area contributed by atoms with Crippen molar-refractivity contribution in [2.75, 3.05) is 34.2 Å². The van der Waals surface area contributed by atoms with Crippen LogP contribution in [0, 0.1) is 5.92 Å². The third kappa shape index (κ3) is 5.20. The fraction of sp³-hybridized carbons (Fsp3) is 0.609. The number of allylic oxidation sites excluding steroid dienone is 2. The van der Waals surface area contributed by atoms with Crippen LogP contribution in [0.2, 0.25) is 0 Å². The van der Waals surface area contributed by atoms with Gasteiger partial charge in [-0.1, -0.05) is 22.9 Å². The van der Waals surface area contributed by atoms with Gasteiger partial charge in [-0.15, -0.1) is 0 Å². The largest absolute Gasteiger partial charge is 0.356 e. The summed E-state index contributed by atoms with van der Waals surface area (Å²) in [7, 11) is 6.45. The van der Waals surface area contributed by atoms with Gasteiger partial charge in [0.05, 0.1) is 5.69 Å². The van der Waals surface area contributed by atoms with E-state index in [-0.39, 0.29) is 0 Å². The molecule has 1 aliphatic heterocycles. The molecule has 2 heterocycles. The number of aryl methyl sites for hydroxylation is 1. The van der Waals surface area contributed by atoms with E-state index in [2.05, 4.69) is 68.2 Å². The summed E-state index contributed by atoms with van der Waals surface area (Å²) in [5.41, 5.74) is 6.10. The molecule has 0 spiro atoms. The lowest BCUT2D eigenvalue weighted by atomic mass is 9.91. The molecule has 27 heavy (non-hydrogen) atoms. The number of likely N-dealkylation sites (tertiary alicyclic amines) is 1. The van der Waals surface area contributed by atoms with Gasteiger partial charge in [-0.3, -0.25) is 0 Å². The molecule has 0 saturated carbocycles. The Morgan fingerprint density at radius 1 is 1.26 bits per heavy atom.